The van der Waals surface area contributed by atoms with E-state index in [-0.39, 0.29) is 18.1 Å². The van der Waals surface area contributed by atoms with Gasteiger partial charge in [0, 0.05) is 17.7 Å². The molecule has 2 rings (SSSR count). The van der Waals surface area contributed by atoms with Crippen LogP contribution in [0.5, 0.6) is 5.75 Å². The van der Waals surface area contributed by atoms with E-state index in [9.17, 15) is 8.78 Å². The van der Waals surface area contributed by atoms with Crippen molar-refractivity contribution in [1.29, 1.82) is 0 Å². The Morgan fingerprint density at radius 2 is 1.94 bits per heavy atom. The van der Waals surface area contributed by atoms with Gasteiger partial charge in [0.2, 0.25) is 0 Å². The Morgan fingerprint density at radius 3 is 2.61 bits per heavy atom. The summed E-state index contributed by atoms with van der Waals surface area (Å²) >= 11 is 0. The Morgan fingerprint density at radius 1 is 1.17 bits per heavy atom. The standard InChI is InChI=1S/C14H13F2NO/c1-18-13-4-2-3-11(14(13)16)9-5-6-12(15)10(7-9)8-17/h2-7H,8,17H2,1H3. The molecular formula is C14H13F2NO. The van der Waals surface area contributed by atoms with Gasteiger partial charge in [-0.25, -0.2) is 8.78 Å². The smallest absolute Gasteiger partial charge is 0.172 e. The molecule has 94 valence electrons. The maximum Gasteiger partial charge on any atom is 0.172 e. The van der Waals surface area contributed by atoms with Gasteiger partial charge in [-0.05, 0) is 23.8 Å². The van der Waals surface area contributed by atoms with Crippen molar-refractivity contribution >= 4 is 0 Å². The number of benzene rings is 2. The van der Waals surface area contributed by atoms with Crippen LogP contribution in [0.2, 0.25) is 0 Å². The van der Waals surface area contributed by atoms with Crippen molar-refractivity contribution in [2.45, 2.75) is 6.54 Å². The highest BCUT2D eigenvalue weighted by Gasteiger charge is 2.11. The molecule has 4 heteroatoms. The monoisotopic (exact) mass is 249 g/mol. The van der Waals surface area contributed by atoms with E-state index in [1.165, 1.54) is 25.3 Å². The van der Waals surface area contributed by atoms with Crippen molar-refractivity contribution in [2.75, 3.05) is 7.11 Å². The summed E-state index contributed by atoms with van der Waals surface area (Å²) in [5, 5.41) is 0. The van der Waals surface area contributed by atoms with Gasteiger partial charge in [-0.15, -0.1) is 0 Å². The van der Waals surface area contributed by atoms with Crippen molar-refractivity contribution in [2.24, 2.45) is 5.73 Å². The molecule has 0 atom stereocenters. The molecule has 0 amide bonds. The Labute approximate surface area is 104 Å². The van der Waals surface area contributed by atoms with Crippen LogP contribution in [-0.2, 0) is 6.54 Å². The van der Waals surface area contributed by atoms with Gasteiger partial charge in [0.15, 0.2) is 11.6 Å². The highest BCUT2D eigenvalue weighted by Crippen LogP contribution is 2.29. The molecule has 0 aliphatic carbocycles. The third-order valence-electron chi connectivity index (χ3n) is 2.76. The fourth-order valence-electron chi connectivity index (χ4n) is 1.79. The molecule has 0 heterocycles. The zero-order chi connectivity index (χ0) is 13.1. The number of rotatable bonds is 3. The fraction of sp³-hybridized carbons (Fsp3) is 0.143. The van der Waals surface area contributed by atoms with Crippen LogP contribution in [-0.4, -0.2) is 7.11 Å². The molecule has 0 spiro atoms. The van der Waals surface area contributed by atoms with Crippen molar-refractivity contribution in [3.63, 3.8) is 0 Å². The van der Waals surface area contributed by atoms with E-state index in [1.54, 1.807) is 18.2 Å². The predicted octanol–water partition coefficient (Wildman–Crippen LogP) is 3.10. The molecule has 0 aliphatic rings. The van der Waals surface area contributed by atoms with Crippen molar-refractivity contribution < 1.29 is 13.5 Å². The Kier molecular flexibility index (Phi) is 3.58. The lowest BCUT2D eigenvalue weighted by molar-refractivity contribution is 0.387. The summed E-state index contributed by atoms with van der Waals surface area (Å²) in [5.74, 6) is -0.690. The van der Waals surface area contributed by atoms with Crippen LogP contribution in [0.15, 0.2) is 36.4 Å². The maximum atomic E-state index is 14.0. The van der Waals surface area contributed by atoms with Crippen molar-refractivity contribution in [1.82, 2.24) is 0 Å². The van der Waals surface area contributed by atoms with E-state index in [0.717, 1.165) is 0 Å². The number of nitrogens with two attached hydrogens (primary N) is 1. The van der Waals surface area contributed by atoms with Crippen LogP contribution >= 0.6 is 0 Å². The summed E-state index contributed by atoms with van der Waals surface area (Å²) < 4.78 is 32.3. The number of ether oxygens (including phenoxy) is 1. The summed E-state index contributed by atoms with van der Waals surface area (Å²) in [6.45, 7) is 0.0747. The third-order valence-corrected chi connectivity index (χ3v) is 2.76. The largest absolute Gasteiger partial charge is 0.494 e. The van der Waals surface area contributed by atoms with Crippen LogP contribution in [0.4, 0.5) is 8.78 Å². The molecule has 2 aromatic carbocycles. The molecule has 2 nitrogen and oxygen atoms in total. The highest BCUT2D eigenvalue weighted by atomic mass is 19.1. The quantitative estimate of drug-likeness (QED) is 0.907. The molecule has 2 N–H and O–H groups in total. The van der Waals surface area contributed by atoms with Crippen molar-refractivity contribution in [3.8, 4) is 16.9 Å². The van der Waals surface area contributed by atoms with Gasteiger partial charge < -0.3 is 10.5 Å². The van der Waals surface area contributed by atoms with Crippen LogP contribution in [0.25, 0.3) is 11.1 Å². The Balaban J connectivity index is 2.55. The first kappa shape index (κ1) is 12.5. The second-order valence-electron chi connectivity index (χ2n) is 3.83. The number of methoxy groups -OCH3 is 1. The number of hydrogen-bond acceptors (Lipinski definition) is 2. The highest BCUT2D eigenvalue weighted by molar-refractivity contribution is 5.66. The van der Waals surface area contributed by atoms with E-state index in [4.69, 9.17) is 10.5 Å². The number of halogens is 2. The van der Waals surface area contributed by atoms with Crippen LogP contribution < -0.4 is 10.5 Å². The summed E-state index contributed by atoms with van der Waals surface area (Å²) in [5.41, 5.74) is 6.73. The first-order chi connectivity index (χ1) is 8.67. The average Bonchev–Trinajstić information content (AvgIpc) is 2.40. The molecule has 2 aromatic rings. The van der Waals surface area contributed by atoms with Gasteiger partial charge in [-0.2, -0.15) is 0 Å². The SMILES string of the molecule is COc1cccc(-c2ccc(F)c(CN)c2)c1F. The molecule has 0 saturated heterocycles. The lowest BCUT2D eigenvalue weighted by Gasteiger charge is -2.09. The molecule has 0 aliphatic heterocycles. The average molecular weight is 249 g/mol. The van der Waals surface area contributed by atoms with Gasteiger partial charge in [0.05, 0.1) is 7.11 Å². The van der Waals surface area contributed by atoms with Crippen LogP contribution in [0.1, 0.15) is 5.56 Å². The molecule has 0 bridgehead atoms. The molecule has 0 unspecified atom stereocenters. The topological polar surface area (TPSA) is 35.2 Å². The zero-order valence-corrected chi connectivity index (χ0v) is 9.91. The first-order valence-electron chi connectivity index (χ1n) is 5.48. The van der Waals surface area contributed by atoms with E-state index in [0.29, 0.717) is 16.7 Å². The minimum absolute atomic E-state index is 0.0747. The molecule has 0 radical (unpaired) electrons. The lowest BCUT2D eigenvalue weighted by Crippen LogP contribution is -2.00. The summed E-state index contributed by atoms with van der Waals surface area (Å²) in [7, 11) is 1.40. The predicted molar refractivity (Wildman–Crippen MR) is 66.2 cm³/mol. The van der Waals surface area contributed by atoms with E-state index < -0.39 is 5.82 Å². The first-order valence-corrected chi connectivity index (χ1v) is 5.48. The van der Waals surface area contributed by atoms with E-state index in [1.807, 2.05) is 0 Å². The van der Waals surface area contributed by atoms with Gasteiger partial charge in [0.1, 0.15) is 5.82 Å². The molecule has 0 fully saturated rings. The second-order valence-corrected chi connectivity index (χ2v) is 3.83. The molecular weight excluding hydrogens is 236 g/mol. The van der Waals surface area contributed by atoms with Gasteiger partial charge >= 0.3 is 0 Å². The lowest BCUT2D eigenvalue weighted by atomic mass is 10.0. The van der Waals surface area contributed by atoms with Gasteiger partial charge in [-0.3, -0.25) is 0 Å². The number of hydrogen-bond donors (Lipinski definition) is 1. The minimum Gasteiger partial charge on any atom is -0.494 e. The zero-order valence-electron chi connectivity index (χ0n) is 9.91. The van der Waals surface area contributed by atoms with E-state index in [2.05, 4.69) is 0 Å². The van der Waals surface area contributed by atoms with Gasteiger partial charge in [0.25, 0.3) is 0 Å². The molecule has 0 aromatic heterocycles. The molecule has 18 heavy (non-hydrogen) atoms. The Hall–Kier alpha value is -1.94. The Bertz CT molecular complexity index is 570. The normalized spacial score (nSPS) is 10.4. The van der Waals surface area contributed by atoms with Gasteiger partial charge in [-0.1, -0.05) is 18.2 Å². The fourth-order valence-corrected chi connectivity index (χ4v) is 1.79. The minimum atomic E-state index is -0.463. The summed E-state index contributed by atoms with van der Waals surface area (Å²) in [6.07, 6.45) is 0. The summed E-state index contributed by atoms with van der Waals surface area (Å²) in [4.78, 5) is 0. The van der Waals surface area contributed by atoms with Crippen LogP contribution in [0, 0.1) is 11.6 Å². The van der Waals surface area contributed by atoms with Crippen LogP contribution in [0.3, 0.4) is 0 Å². The second kappa shape index (κ2) is 5.14. The van der Waals surface area contributed by atoms with E-state index >= 15 is 0 Å². The maximum absolute atomic E-state index is 14.0. The summed E-state index contributed by atoms with van der Waals surface area (Å²) in [6, 6.07) is 9.19. The van der Waals surface area contributed by atoms with Crippen molar-refractivity contribution in [3.05, 3.63) is 53.6 Å². The molecule has 0 saturated carbocycles. The third kappa shape index (κ3) is 2.19.